The number of aromatic nitrogens is 1. The Morgan fingerprint density at radius 1 is 1.67 bits per heavy atom. The summed E-state index contributed by atoms with van der Waals surface area (Å²) in [7, 11) is 0. The van der Waals surface area contributed by atoms with E-state index in [2.05, 4.69) is 25.8 Å². The van der Waals surface area contributed by atoms with E-state index in [1.54, 1.807) is 6.92 Å². The van der Waals surface area contributed by atoms with E-state index in [0.717, 1.165) is 31.7 Å². The maximum absolute atomic E-state index is 10.8. The SMILES string of the molecule is Cc1c([N+](=O)[O-])cnc(N2CCCC(N)C2)c1Br. The summed E-state index contributed by atoms with van der Waals surface area (Å²) in [6.45, 7) is 3.34. The molecule has 1 saturated heterocycles. The van der Waals surface area contributed by atoms with Crippen LogP contribution in [0.15, 0.2) is 10.7 Å². The van der Waals surface area contributed by atoms with Gasteiger partial charge in [0.25, 0.3) is 5.69 Å². The van der Waals surface area contributed by atoms with Crippen molar-refractivity contribution in [1.29, 1.82) is 0 Å². The van der Waals surface area contributed by atoms with Gasteiger partial charge in [-0.1, -0.05) is 0 Å². The number of halogens is 1. The van der Waals surface area contributed by atoms with Crippen molar-refractivity contribution in [3.63, 3.8) is 0 Å². The van der Waals surface area contributed by atoms with Crippen molar-refractivity contribution in [3.05, 3.63) is 26.3 Å². The van der Waals surface area contributed by atoms with Crippen LogP contribution in [0.3, 0.4) is 0 Å². The third-order valence-corrected chi connectivity index (χ3v) is 4.12. The molecule has 1 atom stereocenters. The lowest BCUT2D eigenvalue weighted by atomic mass is 10.1. The van der Waals surface area contributed by atoms with Crippen molar-refractivity contribution in [2.24, 2.45) is 5.73 Å². The summed E-state index contributed by atoms with van der Waals surface area (Å²) >= 11 is 3.41. The first-order chi connectivity index (χ1) is 8.50. The quantitative estimate of drug-likeness (QED) is 0.666. The van der Waals surface area contributed by atoms with E-state index < -0.39 is 4.92 Å². The maximum Gasteiger partial charge on any atom is 0.291 e. The number of pyridine rings is 1. The van der Waals surface area contributed by atoms with Crippen LogP contribution in [0.1, 0.15) is 18.4 Å². The van der Waals surface area contributed by atoms with Crippen molar-refractivity contribution < 1.29 is 4.92 Å². The number of hydrogen-bond acceptors (Lipinski definition) is 5. The molecule has 0 amide bonds. The zero-order valence-electron chi connectivity index (χ0n) is 10.1. The van der Waals surface area contributed by atoms with Crippen molar-refractivity contribution in [2.75, 3.05) is 18.0 Å². The van der Waals surface area contributed by atoms with Crippen LogP contribution in [-0.2, 0) is 0 Å². The number of nitrogens with zero attached hydrogens (tertiary/aromatic N) is 3. The lowest BCUT2D eigenvalue weighted by Crippen LogP contribution is -2.43. The number of nitrogens with two attached hydrogens (primary N) is 1. The van der Waals surface area contributed by atoms with Crippen molar-refractivity contribution in [1.82, 2.24) is 4.98 Å². The van der Waals surface area contributed by atoms with E-state index in [-0.39, 0.29) is 11.7 Å². The molecule has 0 aliphatic carbocycles. The molecule has 0 radical (unpaired) electrons. The Morgan fingerprint density at radius 2 is 2.39 bits per heavy atom. The standard InChI is InChI=1S/C11H15BrN4O2/c1-7-9(16(17)18)5-14-11(10(7)12)15-4-2-3-8(13)6-15/h5,8H,2-4,6,13H2,1H3. The minimum atomic E-state index is -0.418. The molecule has 7 heteroatoms. The van der Waals surface area contributed by atoms with Gasteiger partial charge >= 0.3 is 0 Å². The van der Waals surface area contributed by atoms with Crippen molar-refractivity contribution in [3.8, 4) is 0 Å². The Kier molecular flexibility index (Phi) is 3.82. The van der Waals surface area contributed by atoms with Crippen LogP contribution in [0, 0.1) is 17.0 Å². The van der Waals surface area contributed by atoms with Gasteiger partial charge in [0.05, 0.1) is 9.40 Å². The fourth-order valence-electron chi connectivity index (χ4n) is 2.16. The van der Waals surface area contributed by atoms with E-state index in [4.69, 9.17) is 5.73 Å². The van der Waals surface area contributed by atoms with E-state index in [1.807, 2.05) is 0 Å². The average molecular weight is 315 g/mol. The van der Waals surface area contributed by atoms with Gasteiger partial charge in [-0.05, 0) is 35.7 Å². The smallest absolute Gasteiger partial charge is 0.291 e. The van der Waals surface area contributed by atoms with Gasteiger partial charge in [-0.3, -0.25) is 10.1 Å². The summed E-state index contributed by atoms with van der Waals surface area (Å²) < 4.78 is 0.686. The van der Waals surface area contributed by atoms with Crippen LogP contribution in [0.2, 0.25) is 0 Å². The highest BCUT2D eigenvalue weighted by atomic mass is 79.9. The van der Waals surface area contributed by atoms with Gasteiger partial charge < -0.3 is 10.6 Å². The van der Waals surface area contributed by atoms with Gasteiger partial charge in [0.2, 0.25) is 0 Å². The van der Waals surface area contributed by atoms with Crippen LogP contribution < -0.4 is 10.6 Å². The highest BCUT2D eigenvalue weighted by molar-refractivity contribution is 9.10. The molecular formula is C11H15BrN4O2. The predicted octanol–water partition coefficient (Wildman–Crippen LogP) is 1.99. The Morgan fingerprint density at radius 3 is 3.00 bits per heavy atom. The van der Waals surface area contributed by atoms with Gasteiger partial charge in [0.15, 0.2) is 0 Å². The Hall–Kier alpha value is -1.21. The predicted molar refractivity (Wildman–Crippen MR) is 72.8 cm³/mol. The van der Waals surface area contributed by atoms with Gasteiger partial charge in [0, 0.05) is 24.7 Å². The summed E-state index contributed by atoms with van der Waals surface area (Å²) in [5.41, 5.74) is 6.57. The molecule has 2 N–H and O–H groups in total. The topological polar surface area (TPSA) is 85.3 Å². The molecule has 18 heavy (non-hydrogen) atoms. The molecular weight excluding hydrogens is 300 g/mol. The zero-order valence-corrected chi connectivity index (χ0v) is 11.7. The molecule has 0 saturated carbocycles. The minimum Gasteiger partial charge on any atom is -0.354 e. The molecule has 0 bridgehead atoms. The number of piperidine rings is 1. The van der Waals surface area contributed by atoms with Gasteiger partial charge in [-0.15, -0.1) is 0 Å². The van der Waals surface area contributed by atoms with Crippen molar-refractivity contribution in [2.45, 2.75) is 25.8 Å². The zero-order chi connectivity index (χ0) is 13.3. The molecule has 1 aromatic rings. The highest BCUT2D eigenvalue weighted by Crippen LogP contribution is 2.33. The summed E-state index contributed by atoms with van der Waals surface area (Å²) in [6.07, 6.45) is 3.35. The first kappa shape index (κ1) is 13.2. The maximum atomic E-state index is 10.8. The monoisotopic (exact) mass is 314 g/mol. The summed E-state index contributed by atoms with van der Waals surface area (Å²) in [4.78, 5) is 16.7. The lowest BCUT2D eigenvalue weighted by molar-refractivity contribution is -0.385. The van der Waals surface area contributed by atoms with Crippen LogP contribution >= 0.6 is 15.9 Å². The molecule has 1 aliphatic rings. The first-order valence-corrected chi connectivity index (χ1v) is 6.60. The number of hydrogen-bond donors (Lipinski definition) is 1. The second kappa shape index (κ2) is 5.19. The van der Waals surface area contributed by atoms with Crippen molar-refractivity contribution >= 4 is 27.4 Å². The molecule has 1 fully saturated rings. The third kappa shape index (κ3) is 2.46. The first-order valence-electron chi connectivity index (χ1n) is 5.80. The number of anilines is 1. The second-order valence-electron chi connectivity index (χ2n) is 4.51. The molecule has 1 aromatic heterocycles. The molecule has 2 heterocycles. The molecule has 6 nitrogen and oxygen atoms in total. The van der Waals surface area contributed by atoms with E-state index in [9.17, 15) is 10.1 Å². The molecule has 0 aromatic carbocycles. The summed E-state index contributed by atoms with van der Waals surface area (Å²) in [5, 5.41) is 10.8. The minimum absolute atomic E-state index is 0.0342. The second-order valence-corrected chi connectivity index (χ2v) is 5.30. The fraction of sp³-hybridized carbons (Fsp3) is 0.545. The van der Waals surface area contributed by atoms with Crippen LogP contribution in [0.25, 0.3) is 0 Å². The van der Waals surface area contributed by atoms with E-state index >= 15 is 0 Å². The summed E-state index contributed by atoms with van der Waals surface area (Å²) in [6, 6.07) is 0.142. The molecule has 2 rings (SSSR count). The van der Waals surface area contributed by atoms with Gasteiger partial charge in [0.1, 0.15) is 12.0 Å². The fourth-order valence-corrected chi connectivity index (χ4v) is 2.72. The normalized spacial score (nSPS) is 19.9. The Labute approximate surface area is 113 Å². The molecule has 1 aliphatic heterocycles. The molecule has 0 spiro atoms. The highest BCUT2D eigenvalue weighted by Gasteiger charge is 2.23. The Balaban J connectivity index is 2.34. The van der Waals surface area contributed by atoms with E-state index in [0.29, 0.717) is 10.0 Å². The third-order valence-electron chi connectivity index (χ3n) is 3.17. The number of nitro groups is 1. The van der Waals surface area contributed by atoms with Crippen LogP contribution in [0.4, 0.5) is 11.5 Å². The average Bonchev–Trinajstić information content (AvgIpc) is 2.32. The largest absolute Gasteiger partial charge is 0.354 e. The lowest BCUT2D eigenvalue weighted by Gasteiger charge is -2.32. The Bertz CT molecular complexity index is 480. The molecule has 1 unspecified atom stereocenters. The number of rotatable bonds is 2. The van der Waals surface area contributed by atoms with E-state index in [1.165, 1.54) is 6.20 Å². The van der Waals surface area contributed by atoms with Gasteiger partial charge in [-0.2, -0.15) is 0 Å². The summed E-state index contributed by atoms with van der Waals surface area (Å²) in [5.74, 6) is 0.744. The van der Waals surface area contributed by atoms with Crippen LogP contribution in [-0.4, -0.2) is 29.0 Å². The van der Waals surface area contributed by atoms with Gasteiger partial charge in [-0.25, -0.2) is 4.98 Å². The molecule has 98 valence electrons. The van der Waals surface area contributed by atoms with Crippen LogP contribution in [0.5, 0.6) is 0 Å².